The molecule has 2 amide bonds. The normalized spacial score (nSPS) is 11.9. The van der Waals surface area contributed by atoms with Crippen LogP contribution in [0.15, 0.2) is 46.8 Å². The molecule has 3 aromatic rings. The van der Waals surface area contributed by atoms with Gasteiger partial charge in [-0.05, 0) is 41.5 Å². The third-order valence-electron chi connectivity index (χ3n) is 4.72. The Hall–Kier alpha value is -3.77. The number of hydrogen-bond donors (Lipinski definition) is 2. The first-order valence-corrected chi connectivity index (χ1v) is 12.2. The SMILES string of the molecule is COc1ccc(/C=C/C(=O)Nc2nnc(SCC(=O)NCc3ccc4c(c3)OCO4)s2)cc1OC. The van der Waals surface area contributed by atoms with Crippen LogP contribution in [0, 0.1) is 0 Å². The molecule has 0 saturated carbocycles. The highest BCUT2D eigenvalue weighted by Crippen LogP contribution is 2.32. The minimum Gasteiger partial charge on any atom is -0.493 e. The van der Waals surface area contributed by atoms with Gasteiger partial charge in [0.05, 0.1) is 20.0 Å². The predicted octanol–water partition coefficient (Wildman–Crippen LogP) is 3.34. The molecule has 0 atom stereocenters. The summed E-state index contributed by atoms with van der Waals surface area (Å²) in [5.74, 6) is 2.22. The average Bonchev–Trinajstić information content (AvgIpc) is 3.53. The van der Waals surface area contributed by atoms with Crippen LogP contribution in [0.25, 0.3) is 6.08 Å². The summed E-state index contributed by atoms with van der Waals surface area (Å²) in [6.07, 6.45) is 3.04. The van der Waals surface area contributed by atoms with Gasteiger partial charge in [-0.25, -0.2) is 0 Å². The number of aromatic nitrogens is 2. The van der Waals surface area contributed by atoms with E-state index >= 15 is 0 Å². The molecule has 35 heavy (non-hydrogen) atoms. The van der Waals surface area contributed by atoms with Crippen molar-refractivity contribution in [1.29, 1.82) is 0 Å². The number of benzene rings is 2. The average molecular weight is 515 g/mol. The largest absolute Gasteiger partial charge is 0.493 e. The topological polar surface area (TPSA) is 121 Å². The highest BCUT2D eigenvalue weighted by atomic mass is 32.2. The predicted molar refractivity (Wildman–Crippen MR) is 132 cm³/mol. The fourth-order valence-corrected chi connectivity index (χ4v) is 4.61. The van der Waals surface area contributed by atoms with Crippen LogP contribution in [-0.4, -0.2) is 48.8 Å². The number of ether oxygens (including phenoxy) is 4. The van der Waals surface area contributed by atoms with Crippen LogP contribution in [0.1, 0.15) is 11.1 Å². The standard InChI is InChI=1S/C23H22N4O6S2/c1-30-16-6-3-14(9-18(16)31-2)5-8-20(28)25-22-26-27-23(35-22)34-12-21(29)24-11-15-4-7-17-19(10-15)33-13-32-17/h3-10H,11-13H2,1-2H3,(H,24,29)(H,25,26,28)/b8-5+. The van der Waals surface area contributed by atoms with Gasteiger partial charge in [-0.1, -0.05) is 35.2 Å². The van der Waals surface area contributed by atoms with Crippen molar-refractivity contribution >= 4 is 46.1 Å². The number of hydrogen-bond acceptors (Lipinski definition) is 10. The number of nitrogens with one attached hydrogen (secondary N) is 2. The molecule has 10 nitrogen and oxygen atoms in total. The molecular formula is C23H22N4O6S2. The minimum absolute atomic E-state index is 0.147. The summed E-state index contributed by atoms with van der Waals surface area (Å²) in [7, 11) is 3.11. The molecule has 4 rings (SSSR count). The van der Waals surface area contributed by atoms with Crippen LogP contribution in [0.5, 0.6) is 23.0 Å². The summed E-state index contributed by atoms with van der Waals surface area (Å²) in [5.41, 5.74) is 1.69. The summed E-state index contributed by atoms with van der Waals surface area (Å²) in [6.45, 7) is 0.583. The van der Waals surface area contributed by atoms with Crippen molar-refractivity contribution in [3.63, 3.8) is 0 Å². The highest BCUT2D eigenvalue weighted by Gasteiger charge is 2.14. The van der Waals surface area contributed by atoms with Crippen LogP contribution in [0.2, 0.25) is 0 Å². The number of carbonyl (C=O) groups excluding carboxylic acids is 2. The Labute approximate surface area is 209 Å². The Balaban J connectivity index is 1.22. The van der Waals surface area contributed by atoms with Crippen LogP contribution in [-0.2, 0) is 16.1 Å². The minimum atomic E-state index is -0.353. The van der Waals surface area contributed by atoms with E-state index in [1.54, 1.807) is 32.4 Å². The Morgan fingerprint density at radius 2 is 1.91 bits per heavy atom. The summed E-state index contributed by atoms with van der Waals surface area (Å²) < 4.78 is 21.7. The number of thioether (sulfide) groups is 1. The zero-order chi connectivity index (χ0) is 24.6. The molecule has 2 N–H and O–H groups in total. The quantitative estimate of drug-likeness (QED) is 0.238. The fourth-order valence-electron chi connectivity index (χ4n) is 3.02. The van der Waals surface area contributed by atoms with Crippen molar-refractivity contribution in [2.45, 2.75) is 10.9 Å². The van der Waals surface area contributed by atoms with Crippen LogP contribution in [0.4, 0.5) is 5.13 Å². The number of nitrogens with zero attached hydrogens (tertiary/aromatic N) is 2. The molecule has 1 aliphatic heterocycles. The van der Waals surface area contributed by atoms with Crippen molar-refractivity contribution in [2.24, 2.45) is 0 Å². The van der Waals surface area contributed by atoms with Crippen LogP contribution in [0.3, 0.4) is 0 Å². The van der Waals surface area contributed by atoms with E-state index in [0.29, 0.717) is 39.0 Å². The first-order valence-electron chi connectivity index (χ1n) is 10.4. The molecule has 0 saturated heterocycles. The van der Waals surface area contributed by atoms with Crippen molar-refractivity contribution in [1.82, 2.24) is 15.5 Å². The maximum absolute atomic E-state index is 12.2. The fraction of sp³-hybridized carbons (Fsp3) is 0.217. The Morgan fingerprint density at radius 3 is 2.74 bits per heavy atom. The third-order valence-corrected chi connectivity index (χ3v) is 6.70. The van der Waals surface area contributed by atoms with E-state index in [2.05, 4.69) is 20.8 Å². The van der Waals surface area contributed by atoms with Gasteiger partial charge in [-0.2, -0.15) is 0 Å². The summed E-state index contributed by atoms with van der Waals surface area (Å²) in [6, 6.07) is 10.9. The molecule has 182 valence electrons. The molecule has 0 bridgehead atoms. The lowest BCUT2D eigenvalue weighted by Gasteiger charge is -2.07. The van der Waals surface area contributed by atoms with E-state index in [-0.39, 0.29) is 24.4 Å². The number of methoxy groups -OCH3 is 2. The number of rotatable bonds is 10. The van der Waals surface area contributed by atoms with E-state index in [1.165, 1.54) is 29.2 Å². The lowest BCUT2D eigenvalue weighted by atomic mass is 10.2. The van der Waals surface area contributed by atoms with Gasteiger partial charge < -0.3 is 24.3 Å². The van der Waals surface area contributed by atoms with Crippen molar-refractivity contribution < 1.29 is 28.5 Å². The highest BCUT2D eigenvalue weighted by molar-refractivity contribution is 8.01. The maximum Gasteiger partial charge on any atom is 0.250 e. The third kappa shape index (κ3) is 6.64. The van der Waals surface area contributed by atoms with Gasteiger partial charge in [0.2, 0.25) is 23.7 Å². The number of anilines is 1. The molecule has 1 aromatic heterocycles. The lowest BCUT2D eigenvalue weighted by Crippen LogP contribution is -2.24. The number of amides is 2. The molecule has 1 aliphatic rings. The second-order valence-corrected chi connectivity index (χ2v) is 9.26. The van der Waals surface area contributed by atoms with Gasteiger partial charge >= 0.3 is 0 Å². The lowest BCUT2D eigenvalue weighted by molar-refractivity contribution is -0.118. The van der Waals surface area contributed by atoms with Crippen molar-refractivity contribution in [3.05, 3.63) is 53.6 Å². The second-order valence-electron chi connectivity index (χ2n) is 7.06. The summed E-state index contributed by atoms with van der Waals surface area (Å²) >= 11 is 2.43. The number of carbonyl (C=O) groups is 2. The molecule has 0 unspecified atom stereocenters. The van der Waals surface area contributed by atoms with Crippen LogP contribution >= 0.6 is 23.1 Å². The van der Waals surface area contributed by atoms with E-state index < -0.39 is 0 Å². The molecule has 0 radical (unpaired) electrons. The summed E-state index contributed by atoms with van der Waals surface area (Å²) in [4.78, 5) is 24.4. The maximum atomic E-state index is 12.2. The van der Waals surface area contributed by atoms with Gasteiger partial charge in [-0.3, -0.25) is 14.9 Å². The Bertz CT molecular complexity index is 1250. The van der Waals surface area contributed by atoms with Gasteiger partial charge in [0.15, 0.2) is 27.3 Å². The molecule has 0 spiro atoms. The molecule has 12 heteroatoms. The molecular weight excluding hydrogens is 492 g/mol. The van der Waals surface area contributed by atoms with E-state index in [1.807, 2.05) is 24.3 Å². The van der Waals surface area contributed by atoms with Crippen LogP contribution < -0.4 is 29.6 Å². The van der Waals surface area contributed by atoms with E-state index in [9.17, 15) is 9.59 Å². The Kier molecular flexibility index (Phi) is 8.06. The van der Waals surface area contributed by atoms with Crippen molar-refractivity contribution in [2.75, 3.05) is 32.1 Å². The second kappa shape index (κ2) is 11.6. The van der Waals surface area contributed by atoms with E-state index in [0.717, 1.165) is 11.1 Å². The molecule has 0 fully saturated rings. The molecule has 0 aliphatic carbocycles. The molecule has 2 heterocycles. The first kappa shape index (κ1) is 24.4. The smallest absolute Gasteiger partial charge is 0.250 e. The van der Waals surface area contributed by atoms with Gasteiger partial charge in [0.25, 0.3) is 0 Å². The van der Waals surface area contributed by atoms with Gasteiger partial charge in [0, 0.05) is 12.6 Å². The van der Waals surface area contributed by atoms with Gasteiger partial charge in [-0.15, -0.1) is 10.2 Å². The zero-order valence-corrected chi connectivity index (χ0v) is 20.5. The summed E-state index contributed by atoms with van der Waals surface area (Å²) in [5, 5.41) is 13.8. The van der Waals surface area contributed by atoms with E-state index in [4.69, 9.17) is 18.9 Å². The first-order chi connectivity index (χ1) is 17.0. The van der Waals surface area contributed by atoms with Gasteiger partial charge in [0.1, 0.15) is 0 Å². The monoisotopic (exact) mass is 514 g/mol. The van der Waals surface area contributed by atoms with Crippen molar-refractivity contribution in [3.8, 4) is 23.0 Å². The Morgan fingerprint density at radius 1 is 1.09 bits per heavy atom. The zero-order valence-electron chi connectivity index (χ0n) is 18.9. The number of fused-ring (bicyclic) bond motifs is 1. The molecule has 2 aromatic carbocycles.